The molecule has 0 aliphatic rings. The zero-order chi connectivity index (χ0) is 20.3. The summed E-state index contributed by atoms with van der Waals surface area (Å²) in [6, 6.07) is 12.9. The fourth-order valence-electron chi connectivity index (χ4n) is 3.05. The Hall–Kier alpha value is -4.03. The topological polar surface area (TPSA) is 101 Å². The van der Waals surface area contributed by atoms with Crippen LogP contribution in [0, 0.1) is 23.7 Å². The summed E-state index contributed by atoms with van der Waals surface area (Å²) in [5, 5.41) is 13.1. The minimum atomic E-state index is -0.236. The van der Waals surface area contributed by atoms with Crippen LogP contribution in [0.25, 0.3) is 22.0 Å². The number of nitrogens with one attached hydrogen (secondary N) is 1. The van der Waals surface area contributed by atoms with Gasteiger partial charge in [0.2, 0.25) is 5.91 Å². The number of nitrogen functional groups attached to an aromatic ring is 1. The summed E-state index contributed by atoms with van der Waals surface area (Å²) < 4.78 is 5.64. The zero-order valence-electron chi connectivity index (χ0n) is 15.5. The Morgan fingerprint density at radius 1 is 1.36 bits per heavy atom. The van der Waals surface area contributed by atoms with Crippen LogP contribution in [-0.2, 0) is 4.79 Å². The SMILES string of the molecule is C#Cc1cccc(-c2c(C#N)c(N)nc3cc(OCC)c(NC(C)=O)cc23)c1. The van der Waals surface area contributed by atoms with Crippen molar-refractivity contribution in [2.45, 2.75) is 13.8 Å². The Morgan fingerprint density at radius 3 is 2.79 bits per heavy atom. The first kappa shape index (κ1) is 18.8. The van der Waals surface area contributed by atoms with Gasteiger partial charge in [-0.25, -0.2) is 4.98 Å². The monoisotopic (exact) mass is 370 g/mol. The number of hydrogen-bond acceptors (Lipinski definition) is 5. The van der Waals surface area contributed by atoms with E-state index in [1.165, 1.54) is 6.92 Å². The maximum atomic E-state index is 11.6. The third-order valence-electron chi connectivity index (χ3n) is 4.15. The van der Waals surface area contributed by atoms with Gasteiger partial charge in [-0.1, -0.05) is 18.1 Å². The molecule has 1 amide bonds. The lowest BCUT2D eigenvalue weighted by Crippen LogP contribution is -2.08. The molecule has 28 heavy (non-hydrogen) atoms. The minimum absolute atomic E-state index is 0.117. The molecule has 0 atom stereocenters. The molecule has 0 aliphatic heterocycles. The standard InChI is InChI=1S/C22H18N4O2/c1-4-14-7-6-8-15(9-14)21-16-10-19(25-13(3)27)20(28-5-2)11-18(16)26-22(24)17(21)12-23/h1,6-11H,5H2,2-3H3,(H2,24,26)(H,25,27). The normalized spacial score (nSPS) is 10.1. The van der Waals surface area contributed by atoms with Gasteiger partial charge < -0.3 is 15.8 Å². The Balaban J connectivity index is 2.41. The van der Waals surface area contributed by atoms with Crippen molar-refractivity contribution in [2.24, 2.45) is 0 Å². The number of benzene rings is 2. The zero-order valence-corrected chi connectivity index (χ0v) is 15.5. The van der Waals surface area contributed by atoms with E-state index in [1.807, 2.05) is 25.1 Å². The first-order valence-corrected chi connectivity index (χ1v) is 8.63. The van der Waals surface area contributed by atoms with E-state index in [2.05, 4.69) is 22.3 Å². The van der Waals surface area contributed by atoms with Crippen molar-refractivity contribution >= 4 is 28.3 Å². The van der Waals surface area contributed by atoms with Gasteiger partial charge in [0, 0.05) is 29.5 Å². The van der Waals surface area contributed by atoms with Crippen molar-refractivity contribution in [1.82, 2.24) is 4.98 Å². The van der Waals surface area contributed by atoms with Crippen molar-refractivity contribution in [1.29, 1.82) is 5.26 Å². The molecule has 2 aromatic carbocycles. The second kappa shape index (κ2) is 7.69. The molecular formula is C22H18N4O2. The van der Waals surface area contributed by atoms with Crippen molar-refractivity contribution in [3.05, 3.63) is 47.5 Å². The van der Waals surface area contributed by atoms with E-state index in [0.29, 0.717) is 40.1 Å². The number of nitrogens with zero attached hydrogens (tertiary/aromatic N) is 2. The smallest absolute Gasteiger partial charge is 0.221 e. The van der Waals surface area contributed by atoms with E-state index in [4.69, 9.17) is 16.9 Å². The highest BCUT2D eigenvalue weighted by molar-refractivity contribution is 6.04. The summed E-state index contributed by atoms with van der Waals surface area (Å²) in [5.41, 5.74) is 9.38. The molecule has 138 valence electrons. The molecule has 0 spiro atoms. The van der Waals surface area contributed by atoms with Crippen LogP contribution < -0.4 is 15.8 Å². The van der Waals surface area contributed by atoms with Crippen LogP contribution in [0.3, 0.4) is 0 Å². The number of aromatic nitrogens is 1. The van der Waals surface area contributed by atoms with Crippen LogP contribution in [0.2, 0.25) is 0 Å². The quantitative estimate of drug-likeness (QED) is 0.682. The average Bonchev–Trinajstić information content (AvgIpc) is 2.67. The molecule has 0 saturated carbocycles. The van der Waals surface area contributed by atoms with Crippen LogP contribution in [0.15, 0.2) is 36.4 Å². The van der Waals surface area contributed by atoms with Crippen molar-refractivity contribution < 1.29 is 9.53 Å². The summed E-state index contributed by atoms with van der Waals surface area (Å²) in [7, 11) is 0. The number of terminal acetylenes is 1. The minimum Gasteiger partial charge on any atom is -0.492 e. The van der Waals surface area contributed by atoms with Crippen molar-refractivity contribution in [3.63, 3.8) is 0 Å². The molecule has 0 radical (unpaired) electrons. The maximum absolute atomic E-state index is 11.6. The van der Waals surface area contributed by atoms with Gasteiger partial charge >= 0.3 is 0 Å². The molecule has 0 aliphatic carbocycles. The van der Waals surface area contributed by atoms with E-state index in [9.17, 15) is 10.1 Å². The highest BCUT2D eigenvalue weighted by Crippen LogP contribution is 2.39. The first-order valence-electron chi connectivity index (χ1n) is 8.63. The molecule has 0 fully saturated rings. The number of rotatable bonds is 4. The van der Waals surface area contributed by atoms with Gasteiger partial charge in [0.25, 0.3) is 0 Å². The number of ether oxygens (including phenoxy) is 1. The largest absolute Gasteiger partial charge is 0.492 e. The van der Waals surface area contributed by atoms with Gasteiger partial charge in [-0.3, -0.25) is 4.79 Å². The van der Waals surface area contributed by atoms with Gasteiger partial charge in [-0.2, -0.15) is 5.26 Å². The number of nitrogens with two attached hydrogens (primary N) is 1. The lowest BCUT2D eigenvalue weighted by atomic mass is 9.94. The summed E-state index contributed by atoms with van der Waals surface area (Å²) in [6.45, 7) is 3.68. The third kappa shape index (κ3) is 3.44. The number of pyridine rings is 1. The molecule has 0 saturated heterocycles. The molecule has 0 unspecified atom stereocenters. The number of amides is 1. The molecule has 3 aromatic rings. The second-order valence-electron chi connectivity index (χ2n) is 6.06. The molecule has 1 heterocycles. The predicted molar refractivity (Wildman–Crippen MR) is 110 cm³/mol. The van der Waals surface area contributed by atoms with Gasteiger partial charge in [-0.15, -0.1) is 6.42 Å². The summed E-state index contributed by atoms with van der Waals surface area (Å²) in [6.07, 6.45) is 5.53. The Labute approximate surface area is 163 Å². The predicted octanol–water partition coefficient (Wildman–Crippen LogP) is 3.69. The van der Waals surface area contributed by atoms with Crippen LogP contribution in [-0.4, -0.2) is 17.5 Å². The van der Waals surface area contributed by atoms with Crippen LogP contribution in [0.4, 0.5) is 11.5 Å². The number of carbonyl (C=O) groups is 1. The molecule has 0 bridgehead atoms. The fraction of sp³-hybridized carbons (Fsp3) is 0.136. The molecular weight excluding hydrogens is 352 g/mol. The van der Waals surface area contributed by atoms with Crippen molar-refractivity contribution in [3.8, 4) is 35.3 Å². The third-order valence-corrected chi connectivity index (χ3v) is 4.15. The Bertz CT molecular complexity index is 1170. The summed E-state index contributed by atoms with van der Waals surface area (Å²) in [5.74, 6) is 2.95. The van der Waals surface area contributed by atoms with Crippen LogP contribution >= 0.6 is 0 Å². The molecule has 6 heteroatoms. The van der Waals surface area contributed by atoms with E-state index in [-0.39, 0.29) is 17.3 Å². The van der Waals surface area contributed by atoms with Gasteiger partial charge in [0.15, 0.2) is 0 Å². The van der Waals surface area contributed by atoms with Gasteiger partial charge in [0.1, 0.15) is 23.2 Å². The van der Waals surface area contributed by atoms with E-state index in [0.717, 1.165) is 5.56 Å². The first-order chi connectivity index (χ1) is 13.5. The highest BCUT2D eigenvalue weighted by atomic mass is 16.5. The Morgan fingerprint density at radius 2 is 2.14 bits per heavy atom. The van der Waals surface area contributed by atoms with Crippen molar-refractivity contribution in [2.75, 3.05) is 17.7 Å². The van der Waals surface area contributed by atoms with Crippen LogP contribution in [0.5, 0.6) is 5.75 Å². The number of fused-ring (bicyclic) bond motifs is 1. The second-order valence-corrected chi connectivity index (χ2v) is 6.06. The lowest BCUT2D eigenvalue weighted by molar-refractivity contribution is -0.114. The van der Waals surface area contributed by atoms with E-state index < -0.39 is 0 Å². The number of nitriles is 1. The highest BCUT2D eigenvalue weighted by Gasteiger charge is 2.18. The number of carbonyl (C=O) groups excluding carboxylic acids is 1. The molecule has 3 N–H and O–H groups in total. The summed E-state index contributed by atoms with van der Waals surface area (Å²) >= 11 is 0. The molecule has 3 rings (SSSR count). The van der Waals surface area contributed by atoms with Gasteiger partial charge in [-0.05, 0) is 30.7 Å². The van der Waals surface area contributed by atoms with E-state index in [1.54, 1.807) is 18.2 Å². The van der Waals surface area contributed by atoms with Crippen LogP contribution in [0.1, 0.15) is 25.0 Å². The molecule has 1 aromatic heterocycles. The maximum Gasteiger partial charge on any atom is 0.221 e. The fourth-order valence-corrected chi connectivity index (χ4v) is 3.05. The number of anilines is 2. The average molecular weight is 370 g/mol. The lowest BCUT2D eigenvalue weighted by Gasteiger charge is -2.16. The molecule has 6 nitrogen and oxygen atoms in total. The summed E-state index contributed by atoms with van der Waals surface area (Å²) in [4.78, 5) is 16.0. The van der Waals surface area contributed by atoms with Gasteiger partial charge in [0.05, 0.1) is 17.8 Å². The Kier molecular flexibility index (Phi) is 5.15. The van der Waals surface area contributed by atoms with E-state index >= 15 is 0 Å². The number of hydrogen-bond donors (Lipinski definition) is 2.